The molecule has 1 heterocycles. The molecule has 1 aromatic heterocycles. The van der Waals surface area contributed by atoms with Crippen LogP contribution in [0.1, 0.15) is 20.8 Å². The number of esters is 1. The highest BCUT2D eigenvalue weighted by Gasteiger charge is 2.09. The minimum atomic E-state index is -0.510. The Balaban J connectivity index is 1.74. The number of nitrogens with one attached hydrogen (secondary N) is 1. The summed E-state index contributed by atoms with van der Waals surface area (Å²) in [6, 6.07) is 12.2. The maximum absolute atomic E-state index is 11.6. The summed E-state index contributed by atoms with van der Waals surface area (Å²) in [4.78, 5) is 23.7. The van der Waals surface area contributed by atoms with Gasteiger partial charge in [0, 0.05) is 0 Å². The molecule has 1 N–H and O–H groups in total. The second-order valence-corrected chi connectivity index (χ2v) is 5.08. The third-order valence-corrected chi connectivity index (χ3v) is 3.49. The van der Waals surface area contributed by atoms with Crippen molar-refractivity contribution in [2.75, 3.05) is 6.54 Å². The summed E-state index contributed by atoms with van der Waals surface area (Å²) < 4.78 is 5.04. The van der Waals surface area contributed by atoms with Gasteiger partial charge in [0.2, 0.25) is 0 Å². The third kappa shape index (κ3) is 4.44. The molecule has 0 unspecified atom stereocenters. The molecular weight excluding hydrogens is 288 g/mol. The number of hydrogen-bond donors (Lipinski definition) is 1. The summed E-state index contributed by atoms with van der Waals surface area (Å²) >= 11 is 1.31. The molecule has 2 rings (SSSR count). The van der Waals surface area contributed by atoms with Gasteiger partial charge in [0.25, 0.3) is 5.91 Å². The molecule has 1 aromatic carbocycles. The Morgan fingerprint density at radius 1 is 1.24 bits per heavy atom. The van der Waals surface area contributed by atoms with Crippen LogP contribution in [0, 0.1) is 11.3 Å². The number of nitriles is 1. The molecule has 5 nitrogen and oxygen atoms in total. The zero-order valence-electron chi connectivity index (χ0n) is 11.0. The van der Waals surface area contributed by atoms with Gasteiger partial charge in [-0.2, -0.15) is 5.26 Å². The summed E-state index contributed by atoms with van der Waals surface area (Å²) in [5.41, 5.74) is 1.33. The van der Waals surface area contributed by atoms with Gasteiger partial charge in [0.05, 0.1) is 16.5 Å². The van der Waals surface area contributed by atoms with Gasteiger partial charge in [0.15, 0.2) is 0 Å². The van der Waals surface area contributed by atoms with Gasteiger partial charge in [-0.05, 0) is 29.1 Å². The van der Waals surface area contributed by atoms with E-state index in [0.29, 0.717) is 10.4 Å². The van der Waals surface area contributed by atoms with E-state index in [1.807, 2.05) is 6.07 Å². The Morgan fingerprint density at radius 2 is 2.00 bits per heavy atom. The number of ether oxygens (including phenoxy) is 1. The van der Waals surface area contributed by atoms with Crippen molar-refractivity contribution in [1.29, 1.82) is 5.26 Å². The van der Waals surface area contributed by atoms with E-state index in [1.54, 1.807) is 41.8 Å². The highest BCUT2D eigenvalue weighted by molar-refractivity contribution is 7.12. The van der Waals surface area contributed by atoms with Gasteiger partial charge in [0.1, 0.15) is 13.2 Å². The second kappa shape index (κ2) is 7.22. The van der Waals surface area contributed by atoms with Crippen LogP contribution in [0.4, 0.5) is 0 Å². The molecule has 2 aromatic rings. The average molecular weight is 300 g/mol. The number of nitrogens with zero attached hydrogens (tertiary/aromatic N) is 1. The molecule has 0 saturated heterocycles. The molecular formula is C15H12N2O3S. The number of hydrogen-bond acceptors (Lipinski definition) is 5. The van der Waals surface area contributed by atoms with Crippen molar-refractivity contribution in [3.8, 4) is 6.07 Å². The predicted octanol–water partition coefficient (Wildman–Crippen LogP) is 2.09. The first-order valence-corrected chi connectivity index (χ1v) is 7.03. The number of carbonyl (C=O) groups is 2. The number of rotatable bonds is 5. The van der Waals surface area contributed by atoms with Gasteiger partial charge in [-0.15, -0.1) is 11.3 Å². The lowest BCUT2D eigenvalue weighted by atomic mass is 10.2. The van der Waals surface area contributed by atoms with Crippen molar-refractivity contribution in [2.24, 2.45) is 0 Å². The first-order valence-electron chi connectivity index (χ1n) is 6.15. The SMILES string of the molecule is N#Cc1ccc(COC(=O)CNC(=O)c2cccs2)cc1. The summed E-state index contributed by atoms with van der Waals surface area (Å²) in [5.74, 6) is -0.801. The maximum Gasteiger partial charge on any atom is 0.325 e. The highest BCUT2D eigenvalue weighted by atomic mass is 32.1. The van der Waals surface area contributed by atoms with Crippen molar-refractivity contribution in [2.45, 2.75) is 6.61 Å². The fraction of sp³-hybridized carbons (Fsp3) is 0.133. The minimum Gasteiger partial charge on any atom is -0.460 e. The lowest BCUT2D eigenvalue weighted by Gasteiger charge is -2.06. The van der Waals surface area contributed by atoms with Crippen LogP contribution in [0.25, 0.3) is 0 Å². The van der Waals surface area contributed by atoms with E-state index in [4.69, 9.17) is 10.00 Å². The summed E-state index contributed by atoms with van der Waals surface area (Å²) in [6.07, 6.45) is 0. The van der Waals surface area contributed by atoms with Gasteiger partial charge >= 0.3 is 5.97 Å². The van der Waals surface area contributed by atoms with Crippen LogP contribution in [-0.2, 0) is 16.1 Å². The van der Waals surface area contributed by atoms with Crippen LogP contribution in [0.2, 0.25) is 0 Å². The average Bonchev–Trinajstić information content (AvgIpc) is 3.05. The molecule has 106 valence electrons. The van der Waals surface area contributed by atoms with E-state index in [0.717, 1.165) is 5.56 Å². The highest BCUT2D eigenvalue weighted by Crippen LogP contribution is 2.07. The van der Waals surface area contributed by atoms with Gasteiger partial charge in [-0.1, -0.05) is 18.2 Å². The molecule has 0 atom stereocenters. The molecule has 6 heteroatoms. The first kappa shape index (κ1) is 14.8. The molecule has 0 aliphatic carbocycles. The van der Waals surface area contributed by atoms with Crippen LogP contribution < -0.4 is 5.32 Å². The Bertz CT molecular complexity index is 657. The Morgan fingerprint density at radius 3 is 2.62 bits per heavy atom. The fourth-order valence-corrected chi connectivity index (χ4v) is 2.18. The summed E-state index contributed by atoms with van der Waals surface area (Å²) in [6.45, 7) is -0.0631. The van der Waals surface area contributed by atoms with Gasteiger partial charge < -0.3 is 10.1 Å². The summed E-state index contributed by atoms with van der Waals surface area (Å²) in [5, 5.41) is 13.0. The topological polar surface area (TPSA) is 79.2 Å². The Hall–Kier alpha value is -2.65. The smallest absolute Gasteiger partial charge is 0.325 e. The zero-order chi connectivity index (χ0) is 15.1. The lowest BCUT2D eigenvalue weighted by molar-refractivity contribution is -0.143. The molecule has 21 heavy (non-hydrogen) atoms. The first-order chi connectivity index (χ1) is 10.2. The van der Waals surface area contributed by atoms with Crippen LogP contribution in [0.15, 0.2) is 41.8 Å². The van der Waals surface area contributed by atoms with Crippen molar-refractivity contribution in [1.82, 2.24) is 5.32 Å². The molecule has 0 aliphatic heterocycles. The standard InChI is InChI=1S/C15H12N2O3S/c16-8-11-3-5-12(6-4-11)10-20-14(18)9-17-15(19)13-2-1-7-21-13/h1-7H,9-10H2,(H,17,19). The molecule has 0 radical (unpaired) electrons. The van der Waals surface area contributed by atoms with Crippen molar-refractivity contribution in [3.63, 3.8) is 0 Å². The van der Waals surface area contributed by atoms with Crippen LogP contribution in [-0.4, -0.2) is 18.4 Å². The quantitative estimate of drug-likeness (QED) is 0.858. The third-order valence-electron chi connectivity index (χ3n) is 2.62. The molecule has 1 amide bonds. The largest absolute Gasteiger partial charge is 0.460 e. The molecule has 0 bridgehead atoms. The van der Waals surface area contributed by atoms with Crippen LogP contribution in [0.3, 0.4) is 0 Å². The van der Waals surface area contributed by atoms with Crippen LogP contribution >= 0.6 is 11.3 Å². The van der Waals surface area contributed by atoms with Gasteiger partial charge in [-0.3, -0.25) is 9.59 Å². The second-order valence-electron chi connectivity index (χ2n) is 4.13. The van der Waals surface area contributed by atoms with Gasteiger partial charge in [-0.25, -0.2) is 0 Å². The maximum atomic E-state index is 11.6. The fourth-order valence-electron chi connectivity index (χ4n) is 1.54. The Labute approximate surface area is 125 Å². The zero-order valence-corrected chi connectivity index (χ0v) is 11.9. The summed E-state index contributed by atoms with van der Waals surface area (Å²) in [7, 11) is 0. The number of benzene rings is 1. The van der Waals surface area contributed by atoms with E-state index in [-0.39, 0.29) is 19.1 Å². The van der Waals surface area contributed by atoms with Crippen molar-refractivity contribution in [3.05, 3.63) is 57.8 Å². The van der Waals surface area contributed by atoms with Crippen LogP contribution in [0.5, 0.6) is 0 Å². The van der Waals surface area contributed by atoms with E-state index in [9.17, 15) is 9.59 Å². The molecule has 0 spiro atoms. The normalized spacial score (nSPS) is 9.67. The van der Waals surface area contributed by atoms with Crippen molar-refractivity contribution >= 4 is 23.2 Å². The monoisotopic (exact) mass is 300 g/mol. The molecule has 0 saturated carbocycles. The molecule has 0 fully saturated rings. The number of amides is 1. The number of carbonyl (C=O) groups excluding carboxylic acids is 2. The number of thiophene rings is 1. The van der Waals surface area contributed by atoms with E-state index in [1.165, 1.54) is 11.3 Å². The van der Waals surface area contributed by atoms with E-state index < -0.39 is 5.97 Å². The lowest BCUT2D eigenvalue weighted by Crippen LogP contribution is -2.30. The van der Waals surface area contributed by atoms with Crippen molar-refractivity contribution < 1.29 is 14.3 Å². The Kier molecular flexibility index (Phi) is 5.07. The minimum absolute atomic E-state index is 0.111. The molecule has 0 aliphatic rings. The van der Waals surface area contributed by atoms with E-state index >= 15 is 0 Å². The van der Waals surface area contributed by atoms with E-state index in [2.05, 4.69) is 5.32 Å². The predicted molar refractivity (Wildman–Crippen MR) is 77.6 cm³/mol.